The first-order valence-corrected chi connectivity index (χ1v) is 7.45. The summed E-state index contributed by atoms with van der Waals surface area (Å²) >= 11 is 11.9. The molecule has 116 valence electrons. The Morgan fingerprint density at radius 3 is 2.52 bits per heavy atom. The van der Waals surface area contributed by atoms with Gasteiger partial charge in [-0.15, -0.1) is 0 Å². The molecule has 0 aliphatic heterocycles. The molecule has 0 spiro atoms. The molecule has 23 heavy (non-hydrogen) atoms. The number of aryl methyl sites for hydroxylation is 1. The highest BCUT2D eigenvalue weighted by molar-refractivity contribution is 6.43. The molecule has 2 N–H and O–H groups in total. The second-order valence-corrected chi connectivity index (χ2v) is 5.52. The van der Waals surface area contributed by atoms with E-state index in [1.54, 1.807) is 30.3 Å². The average molecular weight is 346 g/mol. The molecule has 0 heterocycles. The molecule has 2 rings (SSSR count). The molecule has 4 nitrogen and oxygen atoms in total. The topological polar surface area (TPSA) is 64.9 Å². The largest absolute Gasteiger partial charge is 0.359 e. The van der Waals surface area contributed by atoms with Crippen molar-refractivity contribution in [1.82, 2.24) is 0 Å². The van der Waals surface area contributed by atoms with Gasteiger partial charge in [0.05, 0.1) is 15.7 Å². The zero-order valence-electron chi connectivity index (χ0n) is 12.2. The van der Waals surface area contributed by atoms with Crippen molar-refractivity contribution in [3.63, 3.8) is 0 Å². The monoisotopic (exact) mass is 345 g/mol. The van der Waals surface area contributed by atoms with Crippen molar-refractivity contribution in [2.24, 2.45) is 0 Å². The molecule has 6 heteroatoms. The summed E-state index contributed by atoms with van der Waals surface area (Å²) in [7, 11) is 0. The Morgan fingerprint density at radius 1 is 1.17 bits per heavy atom. The number of hydrogen-bond donors (Lipinski definition) is 2. The predicted octanol–water partition coefficient (Wildman–Crippen LogP) is 4.76. The highest BCUT2D eigenvalue weighted by atomic mass is 35.5. The van der Waals surface area contributed by atoms with Crippen LogP contribution in [0.3, 0.4) is 0 Å². The third-order valence-corrected chi connectivity index (χ3v) is 3.82. The number of amides is 1. The lowest BCUT2D eigenvalue weighted by Crippen LogP contribution is -2.14. The Labute approximate surface area is 144 Å². The van der Waals surface area contributed by atoms with Crippen LogP contribution in [0.15, 0.2) is 54.2 Å². The highest BCUT2D eigenvalue weighted by Gasteiger charge is 2.10. The van der Waals surface area contributed by atoms with Crippen LogP contribution in [0.4, 0.5) is 11.4 Å². The predicted molar refractivity (Wildman–Crippen MR) is 93.6 cm³/mol. The van der Waals surface area contributed by atoms with Crippen LogP contribution in [-0.4, -0.2) is 5.91 Å². The van der Waals surface area contributed by atoms with E-state index in [0.29, 0.717) is 21.4 Å². The van der Waals surface area contributed by atoms with Gasteiger partial charge in [0.15, 0.2) is 0 Å². The van der Waals surface area contributed by atoms with E-state index < -0.39 is 5.91 Å². The van der Waals surface area contributed by atoms with E-state index in [0.717, 1.165) is 5.56 Å². The van der Waals surface area contributed by atoms with Crippen LogP contribution in [0.2, 0.25) is 10.0 Å². The van der Waals surface area contributed by atoms with Crippen LogP contribution < -0.4 is 10.6 Å². The van der Waals surface area contributed by atoms with Gasteiger partial charge < -0.3 is 10.6 Å². The van der Waals surface area contributed by atoms with Crippen LogP contribution in [0.25, 0.3) is 0 Å². The number of rotatable bonds is 4. The summed E-state index contributed by atoms with van der Waals surface area (Å²) in [5.74, 6) is -0.512. The summed E-state index contributed by atoms with van der Waals surface area (Å²) in [4.78, 5) is 12.1. The molecular formula is C17H13Cl2N3O. The Balaban J connectivity index is 2.12. The summed E-state index contributed by atoms with van der Waals surface area (Å²) in [6, 6.07) is 14.2. The van der Waals surface area contributed by atoms with E-state index in [1.807, 2.05) is 25.1 Å². The lowest BCUT2D eigenvalue weighted by molar-refractivity contribution is -0.112. The molecule has 0 radical (unpaired) electrons. The number of nitriles is 1. The molecule has 0 fully saturated rings. The third kappa shape index (κ3) is 4.49. The van der Waals surface area contributed by atoms with E-state index in [-0.39, 0.29) is 5.57 Å². The van der Waals surface area contributed by atoms with Gasteiger partial charge in [-0.05, 0) is 31.2 Å². The van der Waals surface area contributed by atoms with Crippen molar-refractivity contribution >= 4 is 40.5 Å². The van der Waals surface area contributed by atoms with Crippen LogP contribution in [-0.2, 0) is 4.79 Å². The molecule has 0 unspecified atom stereocenters. The fourth-order valence-corrected chi connectivity index (χ4v) is 2.10. The molecule has 0 aliphatic rings. The minimum absolute atomic E-state index is 0.0818. The Morgan fingerprint density at radius 2 is 1.87 bits per heavy atom. The molecular weight excluding hydrogens is 333 g/mol. The van der Waals surface area contributed by atoms with Crippen LogP contribution in [0, 0.1) is 18.3 Å². The van der Waals surface area contributed by atoms with Gasteiger partial charge in [-0.3, -0.25) is 4.79 Å². The van der Waals surface area contributed by atoms with Gasteiger partial charge in [-0.25, -0.2) is 0 Å². The molecule has 0 saturated carbocycles. The minimum atomic E-state index is -0.512. The van der Waals surface area contributed by atoms with E-state index in [1.165, 1.54) is 6.20 Å². The Kier molecular flexibility index (Phi) is 5.64. The van der Waals surface area contributed by atoms with Crippen molar-refractivity contribution in [3.8, 4) is 6.07 Å². The fourth-order valence-electron chi connectivity index (χ4n) is 1.75. The Hall–Kier alpha value is -2.48. The zero-order chi connectivity index (χ0) is 16.8. The lowest BCUT2D eigenvalue weighted by Gasteiger charge is -2.07. The second-order valence-electron chi connectivity index (χ2n) is 4.74. The van der Waals surface area contributed by atoms with Gasteiger partial charge in [0, 0.05) is 11.9 Å². The summed E-state index contributed by atoms with van der Waals surface area (Å²) in [5, 5.41) is 15.3. The van der Waals surface area contributed by atoms with Crippen molar-refractivity contribution in [1.29, 1.82) is 5.26 Å². The fraction of sp³-hybridized carbons (Fsp3) is 0.0588. The maximum absolute atomic E-state index is 12.1. The van der Waals surface area contributed by atoms with Crippen LogP contribution in [0.1, 0.15) is 5.56 Å². The van der Waals surface area contributed by atoms with Crippen LogP contribution >= 0.6 is 23.2 Å². The molecule has 2 aromatic rings. The standard InChI is InChI=1S/C17H13Cl2N3O/c1-11-5-7-13(8-6-11)22-17(23)12(9-20)10-21-15-4-2-3-14(18)16(15)19/h2-8,10,21H,1H3,(H,22,23)/b12-10-. The van der Waals surface area contributed by atoms with Gasteiger partial charge in [0.1, 0.15) is 11.6 Å². The first-order valence-electron chi connectivity index (χ1n) is 6.70. The van der Waals surface area contributed by atoms with Crippen LogP contribution in [0.5, 0.6) is 0 Å². The van der Waals surface area contributed by atoms with E-state index in [4.69, 9.17) is 28.5 Å². The van der Waals surface area contributed by atoms with E-state index in [2.05, 4.69) is 10.6 Å². The van der Waals surface area contributed by atoms with Gasteiger partial charge in [0.25, 0.3) is 5.91 Å². The van der Waals surface area contributed by atoms with Gasteiger partial charge in [-0.2, -0.15) is 5.26 Å². The summed E-state index contributed by atoms with van der Waals surface area (Å²) in [6.45, 7) is 1.95. The molecule has 0 aliphatic carbocycles. The number of nitrogens with one attached hydrogen (secondary N) is 2. The van der Waals surface area contributed by atoms with Crippen molar-refractivity contribution in [3.05, 3.63) is 69.8 Å². The summed E-state index contributed by atoms with van der Waals surface area (Å²) in [6.07, 6.45) is 1.29. The number of benzene rings is 2. The van der Waals surface area contributed by atoms with E-state index >= 15 is 0 Å². The number of nitrogens with zero attached hydrogens (tertiary/aromatic N) is 1. The third-order valence-electron chi connectivity index (χ3n) is 3.00. The smallest absolute Gasteiger partial charge is 0.267 e. The number of halogens is 2. The van der Waals surface area contributed by atoms with Crippen molar-refractivity contribution < 1.29 is 4.79 Å². The maximum Gasteiger partial charge on any atom is 0.267 e. The molecule has 0 aromatic heterocycles. The molecule has 0 saturated heterocycles. The molecule has 2 aromatic carbocycles. The molecule has 1 amide bonds. The Bertz CT molecular complexity index is 792. The SMILES string of the molecule is Cc1ccc(NC(=O)/C(C#N)=C\Nc2cccc(Cl)c2Cl)cc1. The molecule has 0 bridgehead atoms. The van der Waals surface area contributed by atoms with Gasteiger partial charge >= 0.3 is 0 Å². The average Bonchev–Trinajstić information content (AvgIpc) is 2.54. The number of carbonyl (C=O) groups excluding carboxylic acids is 1. The zero-order valence-corrected chi connectivity index (χ0v) is 13.7. The normalized spacial score (nSPS) is 10.8. The minimum Gasteiger partial charge on any atom is -0.359 e. The number of anilines is 2. The van der Waals surface area contributed by atoms with Gasteiger partial charge in [0.2, 0.25) is 0 Å². The number of carbonyl (C=O) groups is 1. The van der Waals surface area contributed by atoms with Gasteiger partial charge in [-0.1, -0.05) is 47.0 Å². The van der Waals surface area contributed by atoms with Crippen molar-refractivity contribution in [2.45, 2.75) is 6.92 Å². The second kappa shape index (κ2) is 7.68. The van der Waals surface area contributed by atoms with E-state index in [9.17, 15) is 4.79 Å². The number of hydrogen-bond acceptors (Lipinski definition) is 3. The summed E-state index contributed by atoms with van der Waals surface area (Å²) < 4.78 is 0. The quantitative estimate of drug-likeness (QED) is 0.620. The lowest BCUT2D eigenvalue weighted by atomic mass is 10.2. The molecule has 0 atom stereocenters. The highest BCUT2D eigenvalue weighted by Crippen LogP contribution is 2.29. The van der Waals surface area contributed by atoms with Crippen molar-refractivity contribution in [2.75, 3.05) is 10.6 Å². The first-order chi connectivity index (χ1) is 11.0. The summed E-state index contributed by atoms with van der Waals surface area (Å²) in [5.41, 5.74) is 2.12. The first kappa shape index (κ1) is 16.9. The maximum atomic E-state index is 12.1.